The zero-order chi connectivity index (χ0) is 19.3. The number of carboxylic acid groups (broad SMARTS) is 1. The van der Waals surface area contributed by atoms with Crippen molar-refractivity contribution >= 4 is 34.9 Å². The number of carbonyl (C=O) groups is 3. The fourth-order valence-electron chi connectivity index (χ4n) is 2.19. The van der Waals surface area contributed by atoms with Gasteiger partial charge in [-0.1, -0.05) is 11.3 Å². The zero-order valence-corrected chi connectivity index (χ0v) is 14.9. The van der Waals surface area contributed by atoms with Gasteiger partial charge in [-0.15, -0.1) is 0 Å². The highest BCUT2D eigenvalue weighted by molar-refractivity contribution is 7.11. The van der Waals surface area contributed by atoms with Crippen molar-refractivity contribution in [3.8, 4) is 5.69 Å². The molecule has 0 aliphatic heterocycles. The number of nitrogens with one attached hydrogen (secondary N) is 2. The summed E-state index contributed by atoms with van der Waals surface area (Å²) in [6.45, 7) is 3.70. The standard InChI is InChI=1S/C17H17N3O5S/c1-3-25-16(24)15-10(2)20(17(18)26-15)12-6-4-11(5-7-12)19-13(21)8-9-14(22)23/h4-9,18H,3H2,1-2H3,(H,19,21)(H,22,23)/b9-8-,18-17?. The van der Waals surface area contributed by atoms with Crippen LogP contribution in [0.15, 0.2) is 36.4 Å². The lowest BCUT2D eigenvalue weighted by molar-refractivity contribution is -0.131. The molecule has 0 bridgehead atoms. The van der Waals surface area contributed by atoms with E-state index in [9.17, 15) is 14.4 Å². The Morgan fingerprint density at radius 1 is 1.27 bits per heavy atom. The van der Waals surface area contributed by atoms with Crippen molar-refractivity contribution in [1.82, 2.24) is 4.57 Å². The molecule has 0 atom stereocenters. The molecule has 0 unspecified atom stereocenters. The maximum absolute atomic E-state index is 11.9. The minimum absolute atomic E-state index is 0.173. The number of nitrogens with zero attached hydrogens (tertiary/aromatic N) is 1. The van der Waals surface area contributed by atoms with Crippen LogP contribution in [0.25, 0.3) is 5.69 Å². The molecule has 8 nitrogen and oxygen atoms in total. The van der Waals surface area contributed by atoms with E-state index >= 15 is 0 Å². The Hall–Kier alpha value is -3.20. The largest absolute Gasteiger partial charge is 0.478 e. The molecule has 1 amide bonds. The lowest BCUT2D eigenvalue weighted by atomic mass is 10.2. The molecular formula is C17H17N3O5S. The van der Waals surface area contributed by atoms with Crippen molar-refractivity contribution in [2.45, 2.75) is 13.8 Å². The Morgan fingerprint density at radius 2 is 1.92 bits per heavy atom. The number of carboxylic acids is 1. The van der Waals surface area contributed by atoms with Crippen LogP contribution in [0.1, 0.15) is 22.3 Å². The molecule has 1 aromatic heterocycles. The predicted octanol–water partition coefficient (Wildman–Crippen LogP) is 2.08. The van der Waals surface area contributed by atoms with E-state index in [0.29, 0.717) is 21.9 Å². The lowest BCUT2D eigenvalue weighted by Gasteiger charge is -2.08. The summed E-state index contributed by atoms with van der Waals surface area (Å²) in [6.07, 6.45) is 1.67. The van der Waals surface area contributed by atoms with E-state index in [-0.39, 0.29) is 11.4 Å². The molecule has 0 fully saturated rings. The average Bonchev–Trinajstić information content (AvgIpc) is 2.89. The number of rotatable bonds is 6. The number of aromatic nitrogens is 1. The smallest absolute Gasteiger partial charge is 0.350 e. The first-order valence-electron chi connectivity index (χ1n) is 7.60. The summed E-state index contributed by atoms with van der Waals surface area (Å²) in [5.41, 5.74) is 1.72. The van der Waals surface area contributed by atoms with Gasteiger partial charge in [-0.2, -0.15) is 0 Å². The second-order valence-electron chi connectivity index (χ2n) is 5.09. The molecule has 2 aromatic rings. The minimum Gasteiger partial charge on any atom is -0.478 e. The summed E-state index contributed by atoms with van der Waals surface area (Å²) in [4.78, 5) is 34.5. The second kappa shape index (κ2) is 8.26. The van der Waals surface area contributed by atoms with Gasteiger partial charge in [0.15, 0.2) is 4.80 Å². The summed E-state index contributed by atoms with van der Waals surface area (Å²) >= 11 is 1.03. The van der Waals surface area contributed by atoms with Gasteiger partial charge in [-0.05, 0) is 38.1 Å². The molecule has 3 N–H and O–H groups in total. The number of aliphatic carboxylic acids is 1. The first kappa shape index (κ1) is 19.1. The van der Waals surface area contributed by atoms with Gasteiger partial charge in [-0.3, -0.25) is 14.8 Å². The van der Waals surface area contributed by atoms with Gasteiger partial charge in [0, 0.05) is 29.2 Å². The monoisotopic (exact) mass is 375 g/mol. The van der Waals surface area contributed by atoms with Crippen LogP contribution in [0, 0.1) is 12.3 Å². The zero-order valence-electron chi connectivity index (χ0n) is 14.1. The molecule has 2 rings (SSSR count). The van der Waals surface area contributed by atoms with Gasteiger partial charge in [-0.25, -0.2) is 9.59 Å². The maximum Gasteiger partial charge on any atom is 0.350 e. The first-order chi connectivity index (χ1) is 12.3. The quantitative estimate of drug-likeness (QED) is 0.527. The van der Waals surface area contributed by atoms with Crippen molar-refractivity contribution in [3.63, 3.8) is 0 Å². The Bertz CT molecular complexity index is 925. The van der Waals surface area contributed by atoms with Crippen molar-refractivity contribution in [3.05, 3.63) is 51.8 Å². The Kier molecular flexibility index (Phi) is 6.07. The number of esters is 1. The number of anilines is 1. The molecule has 0 aliphatic rings. The fourth-order valence-corrected chi connectivity index (χ4v) is 3.10. The molecule has 0 saturated carbocycles. The molecule has 0 radical (unpaired) electrons. The van der Waals surface area contributed by atoms with E-state index in [1.807, 2.05) is 0 Å². The Labute approximate surface area is 152 Å². The van der Waals surface area contributed by atoms with Crippen LogP contribution in [0.2, 0.25) is 0 Å². The second-order valence-corrected chi connectivity index (χ2v) is 6.08. The first-order valence-corrected chi connectivity index (χ1v) is 8.41. The van der Waals surface area contributed by atoms with E-state index in [4.69, 9.17) is 15.3 Å². The normalized spacial score (nSPS) is 10.7. The summed E-state index contributed by atoms with van der Waals surface area (Å²) in [5.74, 6) is -2.23. The molecule has 0 saturated heterocycles. The number of thiazole rings is 1. The van der Waals surface area contributed by atoms with Gasteiger partial charge in [0.2, 0.25) is 5.91 Å². The highest BCUT2D eigenvalue weighted by atomic mass is 32.1. The number of ether oxygens (including phenoxy) is 1. The summed E-state index contributed by atoms with van der Waals surface area (Å²) in [6, 6.07) is 6.61. The van der Waals surface area contributed by atoms with Crippen molar-refractivity contribution in [1.29, 1.82) is 5.41 Å². The average molecular weight is 375 g/mol. The summed E-state index contributed by atoms with van der Waals surface area (Å²) < 4.78 is 6.60. The SMILES string of the molecule is CCOC(=O)c1sc(=N)n(-c2ccc(NC(=O)/C=C\C(=O)O)cc2)c1C. The van der Waals surface area contributed by atoms with E-state index in [0.717, 1.165) is 23.5 Å². The predicted molar refractivity (Wildman–Crippen MR) is 95.6 cm³/mol. The molecule has 0 spiro atoms. The number of amides is 1. The molecule has 136 valence electrons. The van der Waals surface area contributed by atoms with Crippen molar-refractivity contribution in [2.75, 3.05) is 11.9 Å². The van der Waals surface area contributed by atoms with Gasteiger partial charge in [0.1, 0.15) is 4.88 Å². The number of carbonyl (C=O) groups excluding carboxylic acids is 2. The third kappa shape index (κ3) is 4.45. The van der Waals surface area contributed by atoms with Crippen LogP contribution in [0.5, 0.6) is 0 Å². The topological polar surface area (TPSA) is 121 Å². The highest BCUT2D eigenvalue weighted by Gasteiger charge is 2.18. The van der Waals surface area contributed by atoms with E-state index < -0.39 is 17.8 Å². The lowest BCUT2D eigenvalue weighted by Crippen LogP contribution is -2.13. The van der Waals surface area contributed by atoms with Crippen LogP contribution < -0.4 is 10.1 Å². The van der Waals surface area contributed by atoms with Gasteiger partial charge in [0.25, 0.3) is 0 Å². The highest BCUT2D eigenvalue weighted by Crippen LogP contribution is 2.19. The summed E-state index contributed by atoms with van der Waals surface area (Å²) in [5, 5.41) is 19.1. The molecule has 1 heterocycles. The van der Waals surface area contributed by atoms with Crippen LogP contribution in [-0.2, 0) is 14.3 Å². The third-order valence-electron chi connectivity index (χ3n) is 3.30. The van der Waals surface area contributed by atoms with Crippen LogP contribution in [0.4, 0.5) is 5.69 Å². The number of benzene rings is 1. The third-order valence-corrected chi connectivity index (χ3v) is 4.34. The number of hydrogen-bond donors (Lipinski definition) is 3. The Morgan fingerprint density at radius 3 is 2.50 bits per heavy atom. The fraction of sp³-hybridized carbons (Fsp3) is 0.176. The van der Waals surface area contributed by atoms with Crippen LogP contribution in [-0.4, -0.2) is 34.1 Å². The van der Waals surface area contributed by atoms with Crippen LogP contribution in [0.3, 0.4) is 0 Å². The molecule has 26 heavy (non-hydrogen) atoms. The van der Waals surface area contributed by atoms with Gasteiger partial charge < -0.3 is 15.2 Å². The van der Waals surface area contributed by atoms with E-state index in [2.05, 4.69) is 5.32 Å². The minimum atomic E-state index is -1.21. The Balaban J connectivity index is 2.24. The maximum atomic E-state index is 11.9. The molecule has 1 aromatic carbocycles. The van der Waals surface area contributed by atoms with Gasteiger partial charge >= 0.3 is 11.9 Å². The molecular weight excluding hydrogens is 358 g/mol. The van der Waals surface area contributed by atoms with Crippen molar-refractivity contribution in [2.24, 2.45) is 0 Å². The molecule has 0 aliphatic carbocycles. The summed E-state index contributed by atoms with van der Waals surface area (Å²) in [7, 11) is 0. The van der Waals surface area contributed by atoms with E-state index in [1.54, 1.807) is 42.7 Å². The van der Waals surface area contributed by atoms with Gasteiger partial charge in [0.05, 0.1) is 6.61 Å². The molecule has 9 heteroatoms. The van der Waals surface area contributed by atoms with Crippen LogP contribution >= 0.6 is 11.3 Å². The van der Waals surface area contributed by atoms with E-state index in [1.165, 1.54) is 0 Å². The number of hydrogen-bond acceptors (Lipinski definition) is 6. The van der Waals surface area contributed by atoms with Crippen molar-refractivity contribution < 1.29 is 24.2 Å².